The van der Waals surface area contributed by atoms with Crippen LogP contribution in [-0.4, -0.2) is 53.7 Å². The maximum absolute atomic E-state index is 5.60. The molecule has 2 aliphatic carbocycles. The molecule has 0 aromatic carbocycles. The molecule has 3 aliphatic rings. The van der Waals surface area contributed by atoms with Crippen molar-refractivity contribution in [1.82, 2.24) is 15.1 Å². The zero-order valence-corrected chi connectivity index (χ0v) is 12.2. The van der Waals surface area contributed by atoms with Gasteiger partial charge in [-0.1, -0.05) is 13.3 Å². The molecule has 3 atom stereocenters. The monoisotopic (exact) mass is 267 g/mol. The van der Waals surface area contributed by atoms with Gasteiger partial charge in [0, 0.05) is 32.2 Å². The highest BCUT2D eigenvalue weighted by atomic mass is 32.1. The van der Waals surface area contributed by atoms with Crippen LogP contribution in [-0.2, 0) is 0 Å². The van der Waals surface area contributed by atoms with Crippen LogP contribution in [0.15, 0.2) is 0 Å². The summed E-state index contributed by atoms with van der Waals surface area (Å²) in [4.78, 5) is 4.87. The molecule has 1 N–H and O–H groups in total. The Kier molecular flexibility index (Phi) is 3.76. The summed E-state index contributed by atoms with van der Waals surface area (Å²) in [7, 11) is 0. The van der Waals surface area contributed by atoms with Crippen molar-refractivity contribution in [3.05, 3.63) is 0 Å². The Morgan fingerprint density at radius 1 is 1.17 bits per heavy atom. The fraction of sp³-hybridized carbons (Fsp3) is 0.929. The summed E-state index contributed by atoms with van der Waals surface area (Å²) in [5.41, 5.74) is 0. The van der Waals surface area contributed by atoms with Gasteiger partial charge in [0.15, 0.2) is 5.11 Å². The van der Waals surface area contributed by atoms with Gasteiger partial charge in [-0.3, -0.25) is 0 Å². The van der Waals surface area contributed by atoms with Gasteiger partial charge in [-0.2, -0.15) is 0 Å². The Morgan fingerprint density at radius 2 is 1.94 bits per heavy atom. The summed E-state index contributed by atoms with van der Waals surface area (Å²) < 4.78 is 0. The average Bonchev–Trinajstić information content (AvgIpc) is 3.01. The molecular weight excluding hydrogens is 242 g/mol. The second-order valence-corrected chi connectivity index (χ2v) is 6.54. The number of thiocarbonyl (C=S) groups is 1. The van der Waals surface area contributed by atoms with Crippen molar-refractivity contribution in [3.63, 3.8) is 0 Å². The first-order chi connectivity index (χ1) is 8.76. The van der Waals surface area contributed by atoms with Gasteiger partial charge >= 0.3 is 0 Å². The van der Waals surface area contributed by atoms with E-state index in [4.69, 9.17) is 12.2 Å². The number of hydrogen-bond acceptors (Lipinski definition) is 2. The smallest absolute Gasteiger partial charge is 0.169 e. The van der Waals surface area contributed by atoms with Gasteiger partial charge in [-0.05, 0) is 49.9 Å². The SMILES string of the molecule is CCN1CCN(C(=S)N[C@H]2C[C@H]3CC[C@@H]2C3)CC1. The molecule has 3 rings (SSSR count). The first-order valence-electron chi connectivity index (χ1n) is 7.54. The summed E-state index contributed by atoms with van der Waals surface area (Å²) in [6, 6.07) is 0.681. The molecule has 3 fully saturated rings. The lowest BCUT2D eigenvalue weighted by Crippen LogP contribution is -2.53. The van der Waals surface area contributed by atoms with Crippen molar-refractivity contribution < 1.29 is 0 Å². The Morgan fingerprint density at radius 3 is 2.50 bits per heavy atom. The molecule has 102 valence electrons. The zero-order chi connectivity index (χ0) is 12.5. The van der Waals surface area contributed by atoms with Crippen LogP contribution in [0.2, 0.25) is 0 Å². The molecule has 2 bridgehead atoms. The molecule has 3 nitrogen and oxygen atoms in total. The van der Waals surface area contributed by atoms with E-state index in [0.29, 0.717) is 6.04 Å². The molecule has 1 heterocycles. The van der Waals surface area contributed by atoms with Gasteiger partial charge in [0.25, 0.3) is 0 Å². The fourth-order valence-electron chi connectivity index (χ4n) is 3.94. The Labute approximate surface area is 116 Å². The Bertz CT molecular complexity index is 312. The topological polar surface area (TPSA) is 18.5 Å². The highest BCUT2D eigenvalue weighted by Gasteiger charge is 2.40. The third-order valence-electron chi connectivity index (χ3n) is 5.15. The molecular formula is C14H25N3S. The van der Waals surface area contributed by atoms with E-state index in [1.54, 1.807) is 0 Å². The minimum absolute atomic E-state index is 0.681. The van der Waals surface area contributed by atoms with Crippen LogP contribution in [0.5, 0.6) is 0 Å². The largest absolute Gasteiger partial charge is 0.360 e. The van der Waals surface area contributed by atoms with Crippen molar-refractivity contribution in [2.75, 3.05) is 32.7 Å². The molecule has 1 aliphatic heterocycles. The highest BCUT2D eigenvalue weighted by molar-refractivity contribution is 7.80. The van der Waals surface area contributed by atoms with Crippen LogP contribution >= 0.6 is 12.2 Å². The number of hydrogen-bond donors (Lipinski definition) is 1. The summed E-state index contributed by atoms with van der Waals surface area (Å²) in [6.45, 7) is 7.92. The van der Waals surface area contributed by atoms with E-state index in [1.807, 2.05) is 0 Å². The number of likely N-dealkylation sites (N-methyl/N-ethyl adjacent to an activating group) is 1. The maximum atomic E-state index is 5.60. The van der Waals surface area contributed by atoms with Crippen LogP contribution in [0.1, 0.15) is 32.6 Å². The molecule has 0 spiro atoms. The predicted molar refractivity (Wildman–Crippen MR) is 78.7 cm³/mol. The lowest BCUT2D eigenvalue weighted by atomic mass is 9.95. The Balaban J connectivity index is 1.47. The predicted octanol–water partition coefficient (Wildman–Crippen LogP) is 1.69. The van der Waals surface area contributed by atoms with Gasteiger partial charge in [-0.15, -0.1) is 0 Å². The number of nitrogens with one attached hydrogen (secondary N) is 1. The summed E-state index contributed by atoms with van der Waals surface area (Å²) in [6.07, 6.45) is 5.70. The molecule has 4 heteroatoms. The van der Waals surface area contributed by atoms with Gasteiger partial charge in [-0.25, -0.2) is 0 Å². The van der Waals surface area contributed by atoms with E-state index >= 15 is 0 Å². The number of nitrogens with zero attached hydrogens (tertiary/aromatic N) is 2. The molecule has 0 amide bonds. The summed E-state index contributed by atoms with van der Waals surface area (Å²) in [5, 5.41) is 4.67. The molecule has 0 radical (unpaired) electrons. The minimum Gasteiger partial charge on any atom is -0.360 e. The Hall–Kier alpha value is -0.350. The lowest BCUT2D eigenvalue weighted by Gasteiger charge is -2.37. The van der Waals surface area contributed by atoms with Crippen molar-refractivity contribution in [2.24, 2.45) is 11.8 Å². The van der Waals surface area contributed by atoms with Crippen LogP contribution < -0.4 is 5.32 Å². The molecule has 0 aromatic rings. The van der Waals surface area contributed by atoms with Crippen molar-refractivity contribution in [2.45, 2.75) is 38.6 Å². The summed E-state index contributed by atoms with van der Waals surface area (Å²) >= 11 is 5.60. The van der Waals surface area contributed by atoms with Crippen LogP contribution in [0.4, 0.5) is 0 Å². The number of fused-ring (bicyclic) bond motifs is 2. The second-order valence-electron chi connectivity index (χ2n) is 6.15. The van der Waals surface area contributed by atoms with E-state index in [2.05, 4.69) is 22.0 Å². The molecule has 1 saturated heterocycles. The van der Waals surface area contributed by atoms with Gasteiger partial charge in [0.05, 0.1) is 0 Å². The first kappa shape index (κ1) is 12.7. The van der Waals surface area contributed by atoms with E-state index in [-0.39, 0.29) is 0 Å². The van der Waals surface area contributed by atoms with E-state index in [9.17, 15) is 0 Å². The van der Waals surface area contributed by atoms with Crippen molar-refractivity contribution in [1.29, 1.82) is 0 Å². The summed E-state index contributed by atoms with van der Waals surface area (Å²) in [5.74, 6) is 1.90. The van der Waals surface area contributed by atoms with E-state index in [0.717, 1.165) is 43.1 Å². The third kappa shape index (κ3) is 2.50. The quantitative estimate of drug-likeness (QED) is 0.767. The highest BCUT2D eigenvalue weighted by Crippen LogP contribution is 2.44. The standard InChI is InChI=1S/C14H25N3S/c1-2-16-5-7-17(8-6-16)14(18)15-13-10-11-3-4-12(13)9-11/h11-13H,2-10H2,1H3,(H,15,18)/t11-,12+,13-/m0/s1. The fourth-order valence-corrected chi connectivity index (χ4v) is 4.27. The number of piperazine rings is 1. The number of rotatable bonds is 2. The average molecular weight is 267 g/mol. The van der Waals surface area contributed by atoms with Crippen LogP contribution in [0.25, 0.3) is 0 Å². The van der Waals surface area contributed by atoms with Gasteiger partial charge in [0.1, 0.15) is 0 Å². The van der Waals surface area contributed by atoms with Crippen LogP contribution in [0, 0.1) is 11.8 Å². The lowest BCUT2D eigenvalue weighted by molar-refractivity contribution is 0.187. The maximum Gasteiger partial charge on any atom is 0.169 e. The zero-order valence-electron chi connectivity index (χ0n) is 11.4. The molecule has 18 heavy (non-hydrogen) atoms. The van der Waals surface area contributed by atoms with Crippen molar-refractivity contribution >= 4 is 17.3 Å². The normalized spacial score (nSPS) is 36.1. The first-order valence-corrected chi connectivity index (χ1v) is 7.95. The molecule has 0 unspecified atom stereocenters. The molecule has 2 saturated carbocycles. The minimum atomic E-state index is 0.681. The van der Waals surface area contributed by atoms with E-state index in [1.165, 1.54) is 32.2 Å². The van der Waals surface area contributed by atoms with Gasteiger partial charge in [0.2, 0.25) is 0 Å². The third-order valence-corrected chi connectivity index (χ3v) is 5.53. The molecule has 0 aromatic heterocycles. The van der Waals surface area contributed by atoms with E-state index < -0.39 is 0 Å². The van der Waals surface area contributed by atoms with Gasteiger partial charge < -0.3 is 15.1 Å². The second kappa shape index (κ2) is 5.33. The van der Waals surface area contributed by atoms with Crippen LogP contribution in [0.3, 0.4) is 0 Å². The van der Waals surface area contributed by atoms with Crippen molar-refractivity contribution in [3.8, 4) is 0 Å².